The highest BCUT2D eigenvalue weighted by Crippen LogP contribution is 2.54. The van der Waals surface area contributed by atoms with Gasteiger partial charge in [-0.15, -0.1) is 0 Å². The van der Waals surface area contributed by atoms with Crippen LogP contribution in [0.15, 0.2) is 23.8 Å². The minimum Gasteiger partial charge on any atom is -0.292 e. The molecule has 1 aromatic rings. The third kappa shape index (κ3) is 2.26. The van der Waals surface area contributed by atoms with Crippen molar-refractivity contribution >= 4 is 19.1 Å². The zero-order valence-electron chi connectivity index (χ0n) is 13.8. The molecule has 1 fully saturated rings. The Balaban J connectivity index is 2.38. The Morgan fingerprint density at radius 1 is 1.21 bits per heavy atom. The van der Waals surface area contributed by atoms with Gasteiger partial charge in [-0.3, -0.25) is 4.79 Å². The van der Waals surface area contributed by atoms with Crippen molar-refractivity contribution in [2.45, 2.75) is 45.1 Å². The van der Waals surface area contributed by atoms with Crippen LogP contribution in [0, 0.1) is 16.7 Å². The van der Waals surface area contributed by atoms with E-state index in [2.05, 4.69) is 25.7 Å². The molecular weight excluding hydrogens is 331 g/mol. The molecule has 1 aromatic carbocycles. The monoisotopic (exact) mass is 349 g/mol. The Morgan fingerprint density at radius 2 is 1.88 bits per heavy atom. The summed E-state index contributed by atoms with van der Waals surface area (Å²) in [6, 6.07) is 5.52. The van der Waals surface area contributed by atoms with Crippen LogP contribution in [0.1, 0.15) is 40.7 Å². The van der Waals surface area contributed by atoms with Crippen molar-refractivity contribution in [2.24, 2.45) is 5.41 Å². The summed E-state index contributed by atoms with van der Waals surface area (Å²) in [5.41, 5.74) is -0.458. The van der Waals surface area contributed by atoms with Gasteiger partial charge in [0.25, 0.3) is 0 Å². The lowest BCUT2D eigenvalue weighted by molar-refractivity contribution is -0.137. The first-order valence-corrected chi connectivity index (χ1v) is 11.4. The molecule has 2 aliphatic rings. The number of carbonyl (C=O) groups excluding carboxylic acids is 1. The standard InChI is InChI=1S/C18H18F3NOSi/c1-24(2,3)15-13-9-11(18(19,20)21)6-7-12(13)16(23)17(10-22)8-4-5-14(15)17/h6-7,9H,4-5,8H2,1-3H3. The second-order valence-corrected chi connectivity index (χ2v) is 12.6. The van der Waals surface area contributed by atoms with Crippen LogP contribution in [-0.2, 0) is 6.18 Å². The van der Waals surface area contributed by atoms with Crippen LogP contribution >= 0.6 is 0 Å². The van der Waals surface area contributed by atoms with Crippen LogP contribution in [-0.4, -0.2) is 13.9 Å². The van der Waals surface area contributed by atoms with E-state index in [4.69, 9.17) is 0 Å². The van der Waals surface area contributed by atoms with Gasteiger partial charge in [0.2, 0.25) is 0 Å². The van der Waals surface area contributed by atoms with E-state index < -0.39 is 25.2 Å². The highest BCUT2D eigenvalue weighted by Gasteiger charge is 2.52. The number of Topliss-reactive ketones (excluding diaryl/α,β-unsaturated/α-hetero) is 1. The number of hydrogen-bond donors (Lipinski definition) is 0. The van der Waals surface area contributed by atoms with Gasteiger partial charge in [-0.05, 0) is 42.5 Å². The molecule has 0 N–H and O–H groups in total. The van der Waals surface area contributed by atoms with Gasteiger partial charge in [-0.2, -0.15) is 18.4 Å². The molecular formula is C18H18F3NOSi. The number of fused-ring (bicyclic) bond motifs is 2. The van der Waals surface area contributed by atoms with Crippen molar-refractivity contribution in [2.75, 3.05) is 0 Å². The molecule has 6 heteroatoms. The number of hydrogen-bond acceptors (Lipinski definition) is 2. The van der Waals surface area contributed by atoms with Gasteiger partial charge < -0.3 is 0 Å². The largest absolute Gasteiger partial charge is 0.416 e. The lowest BCUT2D eigenvalue weighted by atomic mass is 9.71. The summed E-state index contributed by atoms with van der Waals surface area (Å²) >= 11 is 0. The number of rotatable bonds is 1. The minimum atomic E-state index is -4.45. The SMILES string of the molecule is C[Si](C)(C)C1=C2CCCC2(C#N)C(=O)c2ccc(C(F)(F)F)cc21. The van der Waals surface area contributed by atoms with Gasteiger partial charge >= 0.3 is 6.18 Å². The van der Waals surface area contributed by atoms with Crippen LogP contribution < -0.4 is 0 Å². The lowest BCUT2D eigenvalue weighted by Gasteiger charge is -2.36. The Hall–Kier alpha value is -1.87. The summed E-state index contributed by atoms with van der Waals surface area (Å²) in [5.74, 6) is -0.330. The summed E-state index contributed by atoms with van der Waals surface area (Å²) in [5, 5.41) is 10.6. The first-order chi connectivity index (χ1) is 11.0. The third-order valence-electron chi connectivity index (χ3n) is 4.98. The van der Waals surface area contributed by atoms with Gasteiger partial charge in [0.05, 0.1) is 19.7 Å². The smallest absolute Gasteiger partial charge is 0.292 e. The minimum absolute atomic E-state index is 0.271. The molecule has 3 rings (SSSR count). The molecule has 1 atom stereocenters. The van der Waals surface area contributed by atoms with Crippen molar-refractivity contribution in [3.05, 3.63) is 40.5 Å². The van der Waals surface area contributed by atoms with Crippen molar-refractivity contribution < 1.29 is 18.0 Å². The molecule has 1 saturated carbocycles. The highest BCUT2D eigenvalue weighted by atomic mass is 28.3. The molecule has 0 amide bonds. The Kier molecular flexibility index (Phi) is 3.58. The fourth-order valence-corrected chi connectivity index (χ4v) is 6.29. The second kappa shape index (κ2) is 5.06. The normalized spacial score (nSPS) is 23.8. The Bertz CT molecular complexity index is 811. The summed E-state index contributed by atoms with van der Waals surface area (Å²) in [7, 11) is -2.06. The third-order valence-corrected chi connectivity index (χ3v) is 7.06. The molecule has 0 radical (unpaired) electrons. The predicted octanol–water partition coefficient (Wildman–Crippen LogP) is 5.23. The maximum Gasteiger partial charge on any atom is 0.416 e. The van der Waals surface area contributed by atoms with Crippen LogP contribution in [0.5, 0.6) is 0 Å². The fourth-order valence-electron chi connectivity index (χ4n) is 4.03. The summed E-state index contributed by atoms with van der Waals surface area (Å²) in [4.78, 5) is 13.0. The number of ketones is 1. The molecule has 2 nitrogen and oxygen atoms in total. The molecule has 24 heavy (non-hydrogen) atoms. The van der Waals surface area contributed by atoms with E-state index in [0.29, 0.717) is 18.4 Å². The van der Waals surface area contributed by atoms with E-state index in [1.165, 1.54) is 6.07 Å². The van der Waals surface area contributed by atoms with Crippen LogP contribution in [0.25, 0.3) is 5.20 Å². The average Bonchev–Trinajstić information content (AvgIpc) is 2.89. The number of halogens is 3. The summed E-state index contributed by atoms with van der Waals surface area (Å²) in [6.45, 7) is 6.15. The zero-order chi connectivity index (χ0) is 17.9. The number of allylic oxidation sites excluding steroid dienone is 1. The predicted molar refractivity (Wildman–Crippen MR) is 87.9 cm³/mol. The molecule has 0 aromatic heterocycles. The van der Waals surface area contributed by atoms with Crippen LogP contribution in [0.2, 0.25) is 19.6 Å². The molecule has 0 saturated heterocycles. The van der Waals surface area contributed by atoms with Crippen molar-refractivity contribution in [1.82, 2.24) is 0 Å². The molecule has 2 aliphatic carbocycles. The Morgan fingerprint density at radius 3 is 2.42 bits per heavy atom. The van der Waals surface area contributed by atoms with Crippen molar-refractivity contribution in [3.8, 4) is 6.07 Å². The molecule has 0 aliphatic heterocycles. The van der Waals surface area contributed by atoms with Gasteiger partial charge in [0.15, 0.2) is 5.78 Å². The van der Waals surface area contributed by atoms with E-state index >= 15 is 0 Å². The van der Waals surface area contributed by atoms with Gasteiger partial charge in [-0.25, -0.2) is 0 Å². The maximum atomic E-state index is 13.1. The number of benzene rings is 1. The number of nitrogens with zero attached hydrogens (tertiary/aromatic N) is 1. The van der Waals surface area contributed by atoms with E-state index in [0.717, 1.165) is 29.3 Å². The molecule has 0 heterocycles. The van der Waals surface area contributed by atoms with Crippen molar-refractivity contribution in [3.63, 3.8) is 0 Å². The van der Waals surface area contributed by atoms with E-state index in [9.17, 15) is 23.2 Å². The number of alkyl halides is 3. The fraction of sp³-hybridized carbons (Fsp3) is 0.444. The zero-order valence-corrected chi connectivity index (χ0v) is 14.8. The molecule has 126 valence electrons. The van der Waals surface area contributed by atoms with E-state index in [1.54, 1.807) is 0 Å². The number of carbonyl (C=O) groups is 1. The summed E-state index contributed by atoms with van der Waals surface area (Å²) in [6.07, 6.45) is -2.64. The van der Waals surface area contributed by atoms with E-state index in [-0.39, 0.29) is 11.3 Å². The molecule has 1 unspecified atom stereocenters. The van der Waals surface area contributed by atoms with Crippen LogP contribution in [0.3, 0.4) is 0 Å². The average molecular weight is 349 g/mol. The van der Waals surface area contributed by atoms with Crippen molar-refractivity contribution in [1.29, 1.82) is 5.26 Å². The topological polar surface area (TPSA) is 40.9 Å². The van der Waals surface area contributed by atoms with E-state index in [1.807, 2.05) is 0 Å². The summed E-state index contributed by atoms with van der Waals surface area (Å²) < 4.78 is 39.4. The van der Waals surface area contributed by atoms with Crippen LogP contribution in [0.4, 0.5) is 13.2 Å². The molecule has 0 bridgehead atoms. The lowest BCUT2D eigenvalue weighted by Crippen LogP contribution is -2.38. The second-order valence-electron chi connectivity index (χ2n) is 7.56. The maximum absolute atomic E-state index is 13.1. The van der Waals surface area contributed by atoms with Gasteiger partial charge in [0, 0.05) is 5.56 Å². The first kappa shape index (κ1) is 17.0. The van der Waals surface area contributed by atoms with Gasteiger partial charge in [-0.1, -0.05) is 30.9 Å². The highest BCUT2D eigenvalue weighted by molar-refractivity contribution is 6.94. The number of nitriles is 1. The van der Waals surface area contributed by atoms with Gasteiger partial charge in [0.1, 0.15) is 5.41 Å². The quantitative estimate of drug-likeness (QED) is 0.652. The Labute approximate surface area is 140 Å². The first-order valence-electron chi connectivity index (χ1n) is 7.94. The molecule has 0 spiro atoms.